The molecule has 0 bridgehead atoms. The monoisotopic (exact) mass is 274 g/mol. The third-order valence-electron chi connectivity index (χ3n) is 3.16. The van der Waals surface area contributed by atoms with Gasteiger partial charge in [0.15, 0.2) is 0 Å². The molecule has 3 heteroatoms. The lowest BCUT2D eigenvalue weighted by atomic mass is 9.97. The Morgan fingerprint density at radius 1 is 1.21 bits per heavy atom. The average molecular weight is 275 g/mol. The summed E-state index contributed by atoms with van der Waals surface area (Å²) in [6.45, 7) is 5.19. The lowest BCUT2D eigenvalue weighted by Crippen LogP contribution is -2.24. The van der Waals surface area contributed by atoms with Gasteiger partial charge in [0.05, 0.1) is 6.04 Å². The van der Waals surface area contributed by atoms with E-state index in [1.807, 2.05) is 31.3 Å². The van der Waals surface area contributed by atoms with Crippen molar-refractivity contribution in [1.82, 2.24) is 10.3 Å². The summed E-state index contributed by atoms with van der Waals surface area (Å²) in [5.41, 5.74) is 3.50. The average Bonchev–Trinajstić information content (AvgIpc) is 2.43. The van der Waals surface area contributed by atoms with Crippen molar-refractivity contribution in [3.05, 3.63) is 64.4 Å². The summed E-state index contributed by atoms with van der Waals surface area (Å²) in [4.78, 5) is 4.39. The van der Waals surface area contributed by atoms with Gasteiger partial charge >= 0.3 is 0 Å². The quantitative estimate of drug-likeness (QED) is 0.887. The van der Waals surface area contributed by atoms with Gasteiger partial charge in [0.25, 0.3) is 0 Å². The van der Waals surface area contributed by atoms with Crippen LogP contribution in [-0.2, 0) is 0 Å². The second kappa shape index (κ2) is 6.69. The van der Waals surface area contributed by atoms with Crippen LogP contribution in [0.5, 0.6) is 0 Å². The summed E-state index contributed by atoms with van der Waals surface area (Å²) in [7, 11) is 0. The van der Waals surface area contributed by atoms with Gasteiger partial charge in [-0.2, -0.15) is 0 Å². The molecule has 2 aromatic rings. The number of nitrogens with one attached hydrogen (secondary N) is 1. The molecule has 1 atom stereocenters. The molecule has 0 spiro atoms. The number of nitrogens with zero attached hydrogens (tertiary/aromatic N) is 1. The molecule has 0 radical (unpaired) electrons. The standard InChI is InChI=1S/C16H19ClN2/c1-3-10-19-16(13-6-8-14(17)9-7-13)15-5-4-11-18-12(15)2/h4-9,11,16,19H,3,10H2,1-2H3. The van der Waals surface area contributed by atoms with Gasteiger partial charge in [0, 0.05) is 16.9 Å². The van der Waals surface area contributed by atoms with E-state index in [0.29, 0.717) is 0 Å². The van der Waals surface area contributed by atoms with Crippen LogP contribution in [0.1, 0.15) is 36.2 Å². The fraction of sp³-hybridized carbons (Fsp3) is 0.312. The van der Waals surface area contributed by atoms with Crippen LogP contribution in [0, 0.1) is 6.92 Å². The van der Waals surface area contributed by atoms with Gasteiger partial charge in [-0.3, -0.25) is 4.98 Å². The van der Waals surface area contributed by atoms with Crippen LogP contribution < -0.4 is 5.32 Å². The Bertz CT molecular complexity index is 523. The first kappa shape index (κ1) is 14.0. The van der Waals surface area contributed by atoms with E-state index in [1.165, 1.54) is 11.1 Å². The number of halogens is 1. The first-order chi connectivity index (χ1) is 9.22. The molecule has 19 heavy (non-hydrogen) atoms. The summed E-state index contributed by atoms with van der Waals surface area (Å²) in [6, 6.07) is 12.3. The Morgan fingerprint density at radius 3 is 2.58 bits per heavy atom. The van der Waals surface area contributed by atoms with Gasteiger partial charge in [-0.1, -0.05) is 36.7 Å². The fourth-order valence-corrected chi connectivity index (χ4v) is 2.28. The van der Waals surface area contributed by atoms with Crippen LogP contribution in [0.15, 0.2) is 42.6 Å². The summed E-state index contributed by atoms with van der Waals surface area (Å²) in [5, 5.41) is 4.34. The maximum Gasteiger partial charge on any atom is 0.0594 e. The van der Waals surface area contributed by atoms with Crippen molar-refractivity contribution in [2.24, 2.45) is 0 Å². The first-order valence-corrected chi connectivity index (χ1v) is 7.00. The highest BCUT2D eigenvalue weighted by Gasteiger charge is 2.15. The molecular weight excluding hydrogens is 256 g/mol. The van der Waals surface area contributed by atoms with Crippen molar-refractivity contribution in [2.45, 2.75) is 26.3 Å². The summed E-state index contributed by atoms with van der Waals surface area (Å²) < 4.78 is 0. The molecule has 0 aliphatic carbocycles. The highest BCUT2D eigenvalue weighted by Crippen LogP contribution is 2.25. The molecular formula is C16H19ClN2. The van der Waals surface area contributed by atoms with Crippen LogP contribution in [0.25, 0.3) is 0 Å². The van der Waals surface area contributed by atoms with Gasteiger partial charge < -0.3 is 5.32 Å². The molecule has 1 aromatic heterocycles. The van der Waals surface area contributed by atoms with Crippen molar-refractivity contribution in [3.8, 4) is 0 Å². The molecule has 2 rings (SSSR count). The van der Waals surface area contributed by atoms with E-state index in [2.05, 4.69) is 35.4 Å². The van der Waals surface area contributed by atoms with E-state index in [9.17, 15) is 0 Å². The van der Waals surface area contributed by atoms with E-state index in [1.54, 1.807) is 0 Å². The van der Waals surface area contributed by atoms with E-state index >= 15 is 0 Å². The number of rotatable bonds is 5. The maximum absolute atomic E-state index is 5.97. The van der Waals surface area contributed by atoms with Gasteiger partial charge in [0.1, 0.15) is 0 Å². The largest absolute Gasteiger partial charge is 0.306 e. The maximum atomic E-state index is 5.97. The van der Waals surface area contributed by atoms with Crippen molar-refractivity contribution in [2.75, 3.05) is 6.54 Å². The Kier molecular flexibility index (Phi) is 4.94. The fourth-order valence-electron chi connectivity index (χ4n) is 2.15. The summed E-state index contributed by atoms with van der Waals surface area (Å²) >= 11 is 5.97. The molecule has 1 N–H and O–H groups in total. The Labute approximate surface area is 119 Å². The molecule has 0 aliphatic rings. The highest BCUT2D eigenvalue weighted by molar-refractivity contribution is 6.30. The second-order valence-electron chi connectivity index (χ2n) is 4.62. The predicted molar refractivity (Wildman–Crippen MR) is 80.6 cm³/mol. The van der Waals surface area contributed by atoms with Crippen LogP contribution in [0.2, 0.25) is 5.02 Å². The Hall–Kier alpha value is -1.38. The van der Waals surface area contributed by atoms with Gasteiger partial charge in [-0.05, 0) is 49.2 Å². The minimum atomic E-state index is 0.172. The normalized spacial score (nSPS) is 12.4. The van der Waals surface area contributed by atoms with E-state index < -0.39 is 0 Å². The number of benzene rings is 1. The van der Waals surface area contributed by atoms with Gasteiger partial charge in [0.2, 0.25) is 0 Å². The molecule has 2 nitrogen and oxygen atoms in total. The lowest BCUT2D eigenvalue weighted by Gasteiger charge is -2.21. The molecule has 0 amide bonds. The van der Waals surface area contributed by atoms with Gasteiger partial charge in [-0.25, -0.2) is 0 Å². The van der Waals surface area contributed by atoms with E-state index in [-0.39, 0.29) is 6.04 Å². The van der Waals surface area contributed by atoms with Crippen LogP contribution in [0.4, 0.5) is 0 Å². The molecule has 1 unspecified atom stereocenters. The molecule has 0 saturated heterocycles. The van der Waals surface area contributed by atoms with Gasteiger partial charge in [-0.15, -0.1) is 0 Å². The number of hydrogen-bond donors (Lipinski definition) is 1. The zero-order valence-electron chi connectivity index (χ0n) is 11.4. The zero-order valence-corrected chi connectivity index (χ0v) is 12.1. The molecule has 0 aliphatic heterocycles. The molecule has 1 heterocycles. The SMILES string of the molecule is CCCNC(c1ccc(Cl)cc1)c1cccnc1C. The van der Waals surface area contributed by atoms with Crippen molar-refractivity contribution >= 4 is 11.6 Å². The molecule has 1 aromatic carbocycles. The molecule has 0 fully saturated rings. The summed E-state index contributed by atoms with van der Waals surface area (Å²) in [5.74, 6) is 0. The highest BCUT2D eigenvalue weighted by atomic mass is 35.5. The lowest BCUT2D eigenvalue weighted by molar-refractivity contribution is 0.594. The van der Waals surface area contributed by atoms with Crippen LogP contribution in [0.3, 0.4) is 0 Å². The number of aryl methyl sites for hydroxylation is 1. The minimum Gasteiger partial charge on any atom is -0.306 e. The van der Waals surface area contributed by atoms with Crippen molar-refractivity contribution in [3.63, 3.8) is 0 Å². The number of pyridine rings is 1. The number of aromatic nitrogens is 1. The first-order valence-electron chi connectivity index (χ1n) is 6.62. The van der Waals surface area contributed by atoms with Crippen LogP contribution >= 0.6 is 11.6 Å². The number of hydrogen-bond acceptors (Lipinski definition) is 2. The Morgan fingerprint density at radius 2 is 1.95 bits per heavy atom. The third-order valence-corrected chi connectivity index (χ3v) is 3.41. The molecule has 0 saturated carbocycles. The second-order valence-corrected chi connectivity index (χ2v) is 5.05. The van der Waals surface area contributed by atoms with E-state index in [4.69, 9.17) is 11.6 Å². The third kappa shape index (κ3) is 3.55. The predicted octanol–water partition coefficient (Wildman–Crippen LogP) is 4.13. The summed E-state index contributed by atoms with van der Waals surface area (Å²) in [6.07, 6.45) is 2.93. The molecule has 100 valence electrons. The van der Waals surface area contributed by atoms with Crippen molar-refractivity contribution in [1.29, 1.82) is 0 Å². The van der Waals surface area contributed by atoms with Crippen LogP contribution in [-0.4, -0.2) is 11.5 Å². The minimum absolute atomic E-state index is 0.172. The van der Waals surface area contributed by atoms with Crippen molar-refractivity contribution < 1.29 is 0 Å². The van der Waals surface area contributed by atoms with E-state index in [0.717, 1.165) is 23.7 Å². The smallest absolute Gasteiger partial charge is 0.0594 e. The Balaban J connectivity index is 2.35. The zero-order chi connectivity index (χ0) is 13.7. The topological polar surface area (TPSA) is 24.9 Å².